The van der Waals surface area contributed by atoms with Crippen LogP contribution in [-0.2, 0) is 16.3 Å². The van der Waals surface area contributed by atoms with Gasteiger partial charge in [0.25, 0.3) is 0 Å². The first-order valence-corrected chi connectivity index (χ1v) is 7.85. The minimum Gasteiger partial charge on any atom is -0.314 e. The summed E-state index contributed by atoms with van der Waals surface area (Å²) in [5, 5.41) is 3.41. The standard InChI is InChI=1S/C13H21NO2S.ClH/c1-4-9-14-11(2)10-12-5-7-13(8-6-12)17(3,15)16;/h5-8,11,14H,4,9-10H2,1-3H3;1H/t11-;/m0./s1. The Bertz CT molecular complexity index is 443. The van der Waals surface area contributed by atoms with Crippen molar-refractivity contribution in [3.8, 4) is 0 Å². The van der Waals surface area contributed by atoms with Crippen LogP contribution in [0.25, 0.3) is 0 Å². The molecule has 5 heteroatoms. The zero-order valence-corrected chi connectivity index (χ0v) is 12.8. The highest BCUT2D eigenvalue weighted by Crippen LogP contribution is 2.11. The molecular formula is C13H22ClNO2S. The van der Waals surface area contributed by atoms with Crippen LogP contribution < -0.4 is 5.32 Å². The third-order valence-corrected chi connectivity index (χ3v) is 3.76. The zero-order valence-electron chi connectivity index (χ0n) is 11.1. The summed E-state index contributed by atoms with van der Waals surface area (Å²) in [4.78, 5) is 0.385. The molecule has 0 unspecified atom stereocenters. The van der Waals surface area contributed by atoms with Gasteiger partial charge in [0.05, 0.1) is 4.90 Å². The van der Waals surface area contributed by atoms with E-state index in [1.54, 1.807) is 12.1 Å². The van der Waals surface area contributed by atoms with Gasteiger partial charge < -0.3 is 5.32 Å². The first kappa shape index (κ1) is 17.4. The monoisotopic (exact) mass is 291 g/mol. The van der Waals surface area contributed by atoms with Crippen molar-refractivity contribution in [3.63, 3.8) is 0 Å². The van der Waals surface area contributed by atoms with Crippen LogP contribution in [-0.4, -0.2) is 27.3 Å². The van der Waals surface area contributed by atoms with Crippen molar-refractivity contribution in [3.05, 3.63) is 29.8 Å². The predicted molar refractivity (Wildman–Crippen MR) is 78.3 cm³/mol. The molecule has 0 aromatic heterocycles. The molecule has 0 saturated heterocycles. The molecule has 0 fully saturated rings. The molecule has 0 bridgehead atoms. The van der Waals surface area contributed by atoms with Gasteiger partial charge in [0.2, 0.25) is 0 Å². The Morgan fingerprint density at radius 3 is 2.22 bits per heavy atom. The Hall–Kier alpha value is -0.580. The highest BCUT2D eigenvalue weighted by Gasteiger charge is 2.07. The maximum Gasteiger partial charge on any atom is 0.175 e. The predicted octanol–water partition coefficient (Wildman–Crippen LogP) is 2.44. The Kier molecular flexibility index (Phi) is 7.52. The minimum absolute atomic E-state index is 0. The number of benzene rings is 1. The molecule has 1 N–H and O–H groups in total. The van der Waals surface area contributed by atoms with Gasteiger partial charge in [-0.3, -0.25) is 0 Å². The molecule has 1 aromatic rings. The van der Waals surface area contributed by atoms with Crippen molar-refractivity contribution in [2.75, 3.05) is 12.8 Å². The molecule has 0 amide bonds. The van der Waals surface area contributed by atoms with Crippen molar-refractivity contribution < 1.29 is 8.42 Å². The number of sulfone groups is 1. The number of hydrogen-bond donors (Lipinski definition) is 1. The van der Waals surface area contributed by atoms with E-state index in [2.05, 4.69) is 19.2 Å². The number of rotatable bonds is 6. The lowest BCUT2D eigenvalue weighted by atomic mass is 10.1. The van der Waals surface area contributed by atoms with E-state index >= 15 is 0 Å². The minimum atomic E-state index is -3.08. The average molecular weight is 292 g/mol. The van der Waals surface area contributed by atoms with Crippen LogP contribution in [0.5, 0.6) is 0 Å². The topological polar surface area (TPSA) is 46.2 Å². The SMILES string of the molecule is CCCN[C@@H](C)Cc1ccc(S(C)(=O)=O)cc1.Cl. The fourth-order valence-electron chi connectivity index (χ4n) is 1.69. The van der Waals surface area contributed by atoms with E-state index in [1.807, 2.05) is 12.1 Å². The molecule has 0 radical (unpaired) electrons. The molecule has 0 heterocycles. The summed E-state index contributed by atoms with van der Waals surface area (Å²) in [6.45, 7) is 5.29. The third-order valence-electron chi connectivity index (χ3n) is 2.64. The number of halogens is 1. The van der Waals surface area contributed by atoms with E-state index in [1.165, 1.54) is 6.26 Å². The average Bonchev–Trinajstić information content (AvgIpc) is 2.26. The van der Waals surface area contributed by atoms with Gasteiger partial charge in [-0.1, -0.05) is 19.1 Å². The Balaban J connectivity index is 0.00000289. The lowest BCUT2D eigenvalue weighted by Crippen LogP contribution is -2.28. The van der Waals surface area contributed by atoms with Crippen molar-refractivity contribution in [2.45, 2.75) is 37.6 Å². The van der Waals surface area contributed by atoms with Crippen molar-refractivity contribution in [1.82, 2.24) is 5.32 Å². The maximum absolute atomic E-state index is 11.3. The summed E-state index contributed by atoms with van der Waals surface area (Å²) in [5.41, 5.74) is 1.16. The molecule has 0 spiro atoms. The quantitative estimate of drug-likeness (QED) is 0.876. The summed E-state index contributed by atoms with van der Waals surface area (Å²) in [6, 6.07) is 7.55. The second-order valence-electron chi connectivity index (χ2n) is 4.48. The molecule has 104 valence electrons. The molecular weight excluding hydrogens is 270 g/mol. The lowest BCUT2D eigenvalue weighted by Gasteiger charge is -2.13. The second-order valence-corrected chi connectivity index (χ2v) is 6.49. The van der Waals surface area contributed by atoms with E-state index in [9.17, 15) is 8.42 Å². The lowest BCUT2D eigenvalue weighted by molar-refractivity contribution is 0.543. The van der Waals surface area contributed by atoms with E-state index in [-0.39, 0.29) is 12.4 Å². The molecule has 3 nitrogen and oxygen atoms in total. The fraction of sp³-hybridized carbons (Fsp3) is 0.538. The molecule has 0 aliphatic rings. The summed E-state index contributed by atoms with van der Waals surface area (Å²) in [5.74, 6) is 0. The van der Waals surface area contributed by atoms with Gasteiger partial charge in [-0.15, -0.1) is 12.4 Å². The van der Waals surface area contributed by atoms with Crippen LogP contribution in [0.1, 0.15) is 25.8 Å². The van der Waals surface area contributed by atoms with Gasteiger partial charge >= 0.3 is 0 Å². The molecule has 0 saturated carbocycles. The van der Waals surface area contributed by atoms with Gasteiger partial charge in [0, 0.05) is 12.3 Å². The number of hydrogen-bond acceptors (Lipinski definition) is 3. The van der Waals surface area contributed by atoms with Crippen molar-refractivity contribution in [2.24, 2.45) is 0 Å². The number of nitrogens with one attached hydrogen (secondary N) is 1. The molecule has 18 heavy (non-hydrogen) atoms. The van der Waals surface area contributed by atoms with Crippen LogP contribution in [0, 0.1) is 0 Å². The summed E-state index contributed by atoms with van der Waals surface area (Å²) < 4.78 is 22.6. The molecule has 0 aliphatic heterocycles. The maximum atomic E-state index is 11.3. The smallest absolute Gasteiger partial charge is 0.175 e. The van der Waals surface area contributed by atoms with Gasteiger partial charge in [-0.2, -0.15) is 0 Å². The van der Waals surface area contributed by atoms with Gasteiger partial charge in [-0.25, -0.2) is 8.42 Å². The zero-order chi connectivity index (χ0) is 12.9. The summed E-state index contributed by atoms with van der Waals surface area (Å²) in [6.07, 6.45) is 3.27. The van der Waals surface area contributed by atoms with Crippen LogP contribution in [0.15, 0.2) is 29.2 Å². The highest BCUT2D eigenvalue weighted by molar-refractivity contribution is 7.90. The van der Waals surface area contributed by atoms with Crippen molar-refractivity contribution >= 4 is 22.2 Å². The van der Waals surface area contributed by atoms with E-state index in [4.69, 9.17) is 0 Å². The van der Waals surface area contributed by atoms with E-state index < -0.39 is 9.84 Å². The molecule has 0 aliphatic carbocycles. The Morgan fingerprint density at radius 1 is 1.22 bits per heavy atom. The van der Waals surface area contributed by atoms with Crippen molar-refractivity contribution in [1.29, 1.82) is 0 Å². The second kappa shape index (κ2) is 7.77. The molecule has 1 atom stereocenters. The third kappa shape index (κ3) is 5.85. The van der Waals surface area contributed by atoms with E-state index in [0.717, 1.165) is 24.9 Å². The van der Waals surface area contributed by atoms with Crippen LogP contribution in [0.3, 0.4) is 0 Å². The first-order valence-electron chi connectivity index (χ1n) is 5.96. The highest BCUT2D eigenvalue weighted by atomic mass is 35.5. The normalized spacial score (nSPS) is 12.8. The van der Waals surface area contributed by atoms with E-state index in [0.29, 0.717) is 10.9 Å². The summed E-state index contributed by atoms with van der Waals surface area (Å²) in [7, 11) is -3.08. The van der Waals surface area contributed by atoms with Gasteiger partial charge in [0.1, 0.15) is 0 Å². The largest absolute Gasteiger partial charge is 0.314 e. The van der Waals surface area contributed by atoms with Crippen LogP contribution >= 0.6 is 12.4 Å². The van der Waals surface area contributed by atoms with Crippen LogP contribution in [0.2, 0.25) is 0 Å². The Labute approximate surface area is 116 Å². The Morgan fingerprint density at radius 2 is 1.78 bits per heavy atom. The van der Waals surface area contributed by atoms with Gasteiger partial charge in [-0.05, 0) is 44.0 Å². The molecule has 1 aromatic carbocycles. The van der Waals surface area contributed by atoms with Crippen LogP contribution in [0.4, 0.5) is 0 Å². The fourth-order valence-corrected chi connectivity index (χ4v) is 2.32. The molecule has 1 rings (SSSR count). The van der Waals surface area contributed by atoms with Gasteiger partial charge in [0.15, 0.2) is 9.84 Å². The summed E-state index contributed by atoms with van der Waals surface area (Å²) >= 11 is 0. The first-order chi connectivity index (χ1) is 7.93.